The number of nitrogens with one attached hydrogen (secondary N) is 1. The van der Waals surface area contributed by atoms with E-state index in [1.165, 1.54) is 19.3 Å². The van der Waals surface area contributed by atoms with Crippen LogP contribution >= 0.6 is 0 Å². The van der Waals surface area contributed by atoms with Crippen LogP contribution in [0, 0.1) is 11.3 Å². The second kappa shape index (κ2) is 6.31. The fraction of sp³-hybridized carbons (Fsp3) is 0.615. The Bertz CT molecular complexity index is 420. The lowest BCUT2D eigenvalue weighted by atomic mass is 10.0. The lowest BCUT2D eigenvalue weighted by molar-refractivity contribution is 0.399. The quantitative estimate of drug-likeness (QED) is 0.866. The van der Waals surface area contributed by atoms with E-state index in [1.54, 1.807) is 12.3 Å². The van der Waals surface area contributed by atoms with Crippen LogP contribution < -0.4 is 10.2 Å². The van der Waals surface area contributed by atoms with Crippen molar-refractivity contribution < 1.29 is 0 Å². The number of aromatic nitrogens is 2. The molecule has 0 radical (unpaired) electrons. The first-order valence-corrected chi connectivity index (χ1v) is 6.55. The molecule has 1 aromatic heterocycles. The Morgan fingerprint density at radius 1 is 1.56 bits per heavy atom. The molecule has 0 saturated carbocycles. The summed E-state index contributed by atoms with van der Waals surface area (Å²) < 4.78 is 0. The zero-order valence-electron chi connectivity index (χ0n) is 10.8. The Balaban J connectivity index is 2.05. The SMILES string of the molecule is CCN(CC1CCCCN1)c1nccc(C#N)n1. The lowest BCUT2D eigenvalue weighted by Crippen LogP contribution is -2.44. The van der Waals surface area contributed by atoms with Crippen LogP contribution in [0.15, 0.2) is 12.3 Å². The first kappa shape index (κ1) is 12.8. The maximum Gasteiger partial charge on any atom is 0.226 e. The largest absolute Gasteiger partial charge is 0.340 e. The minimum absolute atomic E-state index is 0.426. The number of piperidine rings is 1. The molecule has 5 nitrogen and oxygen atoms in total. The summed E-state index contributed by atoms with van der Waals surface area (Å²) in [5.41, 5.74) is 0.426. The predicted octanol–water partition coefficient (Wildman–Crippen LogP) is 1.32. The molecule has 1 aromatic rings. The van der Waals surface area contributed by atoms with Gasteiger partial charge >= 0.3 is 0 Å². The standard InChI is InChI=1S/C13H19N5/c1-2-18(10-12-5-3-4-7-15-12)13-16-8-6-11(9-14)17-13/h6,8,12,15H,2-5,7,10H2,1H3. The molecular weight excluding hydrogens is 226 g/mol. The fourth-order valence-electron chi connectivity index (χ4n) is 2.26. The molecule has 1 unspecified atom stereocenters. The Hall–Kier alpha value is -1.67. The van der Waals surface area contributed by atoms with Crippen molar-refractivity contribution in [2.75, 3.05) is 24.5 Å². The molecule has 2 rings (SSSR count). The van der Waals surface area contributed by atoms with Crippen molar-refractivity contribution in [1.29, 1.82) is 5.26 Å². The molecule has 18 heavy (non-hydrogen) atoms. The predicted molar refractivity (Wildman–Crippen MR) is 70.3 cm³/mol. The van der Waals surface area contributed by atoms with E-state index in [0.29, 0.717) is 17.7 Å². The van der Waals surface area contributed by atoms with E-state index in [2.05, 4.69) is 33.2 Å². The number of nitriles is 1. The second-order valence-corrected chi connectivity index (χ2v) is 4.54. The topological polar surface area (TPSA) is 64.8 Å². The molecule has 0 spiro atoms. The van der Waals surface area contributed by atoms with Gasteiger partial charge in [-0.2, -0.15) is 5.26 Å². The number of likely N-dealkylation sites (N-methyl/N-ethyl adjacent to an activating group) is 1. The van der Waals surface area contributed by atoms with Crippen molar-refractivity contribution in [2.24, 2.45) is 0 Å². The van der Waals surface area contributed by atoms with Crippen LogP contribution in [0.25, 0.3) is 0 Å². The zero-order valence-corrected chi connectivity index (χ0v) is 10.8. The molecule has 0 amide bonds. The van der Waals surface area contributed by atoms with Gasteiger partial charge in [-0.05, 0) is 32.4 Å². The Labute approximate surface area is 108 Å². The summed E-state index contributed by atoms with van der Waals surface area (Å²) in [6, 6.07) is 4.20. The molecular formula is C13H19N5. The second-order valence-electron chi connectivity index (χ2n) is 4.54. The molecule has 1 aliphatic rings. The van der Waals surface area contributed by atoms with Gasteiger partial charge in [-0.25, -0.2) is 9.97 Å². The molecule has 1 fully saturated rings. The summed E-state index contributed by atoms with van der Waals surface area (Å²) in [6.45, 7) is 4.95. The van der Waals surface area contributed by atoms with Crippen molar-refractivity contribution in [3.8, 4) is 6.07 Å². The van der Waals surface area contributed by atoms with Crippen LogP contribution in [0.3, 0.4) is 0 Å². The normalized spacial score (nSPS) is 19.2. The van der Waals surface area contributed by atoms with Crippen LogP contribution in [0.5, 0.6) is 0 Å². The number of rotatable bonds is 4. The van der Waals surface area contributed by atoms with E-state index in [-0.39, 0.29) is 0 Å². The van der Waals surface area contributed by atoms with Gasteiger partial charge in [0.15, 0.2) is 0 Å². The maximum atomic E-state index is 8.87. The Morgan fingerprint density at radius 3 is 3.11 bits per heavy atom. The first-order chi connectivity index (χ1) is 8.83. The van der Waals surface area contributed by atoms with Crippen LogP contribution in [-0.2, 0) is 0 Å². The third-order valence-electron chi connectivity index (χ3n) is 3.28. The number of hydrogen-bond acceptors (Lipinski definition) is 5. The van der Waals surface area contributed by atoms with E-state index in [4.69, 9.17) is 5.26 Å². The number of anilines is 1. The average molecular weight is 245 g/mol. The zero-order chi connectivity index (χ0) is 12.8. The number of hydrogen-bond donors (Lipinski definition) is 1. The summed E-state index contributed by atoms with van der Waals surface area (Å²) in [4.78, 5) is 10.6. The third-order valence-corrected chi connectivity index (χ3v) is 3.28. The number of nitrogens with zero attached hydrogens (tertiary/aromatic N) is 4. The van der Waals surface area contributed by atoms with Gasteiger partial charge in [-0.15, -0.1) is 0 Å². The highest BCUT2D eigenvalue weighted by Crippen LogP contribution is 2.12. The van der Waals surface area contributed by atoms with Gasteiger partial charge in [0.1, 0.15) is 11.8 Å². The summed E-state index contributed by atoms with van der Waals surface area (Å²) in [5.74, 6) is 0.656. The molecule has 1 aliphatic heterocycles. The van der Waals surface area contributed by atoms with Crippen molar-refractivity contribution in [1.82, 2.24) is 15.3 Å². The minimum Gasteiger partial charge on any atom is -0.340 e. The molecule has 96 valence electrons. The summed E-state index contributed by atoms with van der Waals surface area (Å²) in [7, 11) is 0. The average Bonchev–Trinajstić information content (AvgIpc) is 2.46. The third kappa shape index (κ3) is 3.17. The Kier molecular flexibility index (Phi) is 4.48. The molecule has 2 heterocycles. The fourth-order valence-corrected chi connectivity index (χ4v) is 2.26. The summed E-state index contributed by atoms with van der Waals surface area (Å²) >= 11 is 0. The van der Waals surface area contributed by atoms with E-state index >= 15 is 0 Å². The molecule has 1 saturated heterocycles. The van der Waals surface area contributed by atoms with Gasteiger partial charge < -0.3 is 10.2 Å². The maximum absolute atomic E-state index is 8.87. The minimum atomic E-state index is 0.426. The van der Waals surface area contributed by atoms with Gasteiger partial charge in [-0.3, -0.25) is 0 Å². The summed E-state index contributed by atoms with van der Waals surface area (Å²) in [6.07, 6.45) is 5.41. The van der Waals surface area contributed by atoms with Gasteiger partial charge in [0.05, 0.1) is 0 Å². The van der Waals surface area contributed by atoms with Crippen LogP contribution in [0.2, 0.25) is 0 Å². The highest BCUT2D eigenvalue weighted by atomic mass is 15.3. The van der Waals surface area contributed by atoms with Crippen molar-refractivity contribution in [3.63, 3.8) is 0 Å². The molecule has 1 N–H and O–H groups in total. The highest BCUT2D eigenvalue weighted by Gasteiger charge is 2.17. The van der Waals surface area contributed by atoms with Gasteiger partial charge in [-0.1, -0.05) is 6.42 Å². The van der Waals surface area contributed by atoms with Crippen LogP contribution in [0.1, 0.15) is 31.9 Å². The monoisotopic (exact) mass is 245 g/mol. The summed E-state index contributed by atoms with van der Waals surface area (Å²) in [5, 5.41) is 12.4. The smallest absolute Gasteiger partial charge is 0.226 e. The van der Waals surface area contributed by atoms with E-state index in [9.17, 15) is 0 Å². The van der Waals surface area contributed by atoms with E-state index < -0.39 is 0 Å². The molecule has 5 heteroatoms. The van der Waals surface area contributed by atoms with Crippen LogP contribution in [0.4, 0.5) is 5.95 Å². The van der Waals surface area contributed by atoms with E-state index in [0.717, 1.165) is 19.6 Å². The molecule has 0 aromatic carbocycles. The van der Waals surface area contributed by atoms with Gasteiger partial charge in [0.25, 0.3) is 0 Å². The highest BCUT2D eigenvalue weighted by molar-refractivity contribution is 5.33. The molecule has 1 atom stereocenters. The molecule has 0 bridgehead atoms. The van der Waals surface area contributed by atoms with Crippen molar-refractivity contribution in [2.45, 2.75) is 32.2 Å². The van der Waals surface area contributed by atoms with Gasteiger partial charge in [0.2, 0.25) is 5.95 Å². The van der Waals surface area contributed by atoms with Crippen molar-refractivity contribution in [3.05, 3.63) is 18.0 Å². The van der Waals surface area contributed by atoms with E-state index in [1.807, 2.05) is 0 Å². The Morgan fingerprint density at radius 2 is 2.44 bits per heavy atom. The van der Waals surface area contributed by atoms with Crippen molar-refractivity contribution >= 4 is 5.95 Å². The van der Waals surface area contributed by atoms with Crippen LogP contribution in [-0.4, -0.2) is 35.6 Å². The molecule has 0 aliphatic carbocycles. The lowest BCUT2D eigenvalue weighted by Gasteiger charge is -2.29. The van der Waals surface area contributed by atoms with Gasteiger partial charge in [0, 0.05) is 25.3 Å². The first-order valence-electron chi connectivity index (χ1n) is 6.55.